The molecule has 0 saturated heterocycles. The van der Waals surface area contributed by atoms with Gasteiger partial charge < -0.3 is 10.6 Å². The van der Waals surface area contributed by atoms with Gasteiger partial charge in [0.25, 0.3) is 5.91 Å². The standard InChI is InChI=1S/C24H23FN10O/c1-13-10-15(4-9-18(13)25)11-26-24(36)21-19-20(27-12-28-21)23(35(3)32-19)29-14(2)16-5-7-17(8-6-16)22-30-33-34-31-22/h4-10,12,14,29H,11H2,1-3H3,(H,26,36)(H,30,31,33,34). The van der Waals surface area contributed by atoms with Gasteiger partial charge in [0.2, 0.25) is 5.82 Å². The summed E-state index contributed by atoms with van der Waals surface area (Å²) in [7, 11) is 1.78. The van der Waals surface area contributed by atoms with Crippen molar-refractivity contribution in [2.24, 2.45) is 7.05 Å². The molecule has 3 N–H and O–H groups in total. The number of H-pyrrole nitrogens is 1. The Kier molecular flexibility index (Phi) is 6.07. The zero-order valence-corrected chi connectivity index (χ0v) is 19.8. The van der Waals surface area contributed by atoms with Crippen LogP contribution in [0.1, 0.15) is 40.1 Å². The van der Waals surface area contributed by atoms with Crippen molar-refractivity contribution >= 4 is 22.8 Å². The summed E-state index contributed by atoms with van der Waals surface area (Å²) in [6.45, 7) is 3.93. The summed E-state index contributed by atoms with van der Waals surface area (Å²) in [5, 5.41) is 24.8. The molecule has 3 heterocycles. The van der Waals surface area contributed by atoms with E-state index >= 15 is 0 Å². The Morgan fingerprint density at radius 2 is 1.94 bits per heavy atom. The van der Waals surface area contributed by atoms with Crippen LogP contribution >= 0.6 is 0 Å². The van der Waals surface area contributed by atoms with Crippen LogP contribution in [0.2, 0.25) is 0 Å². The number of nitrogens with zero attached hydrogens (tertiary/aromatic N) is 7. The molecule has 0 spiro atoms. The van der Waals surface area contributed by atoms with Gasteiger partial charge in [0.15, 0.2) is 11.5 Å². The number of carbonyl (C=O) groups is 1. The topological polar surface area (TPSA) is 139 Å². The highest BCUT2D eigenvalue weighted by molar-refractivity contribution is 6.04. The highest BCUT2D eigenvalue weighted by Gasteiger charge is 2.21. The van der Waals surface area contributed by atoms with Crippen LogP contribution < -0.4 is 10.6 Å². The summed E-state index contributed by atoms with van der Waals surface area (Å²) in [6, 6.07) is 12.4. The van der Waals surface area contributed by atoms with Crippen LogP contribution in [0.3, 0.4) is 0 Å². The first-order valence-electron chi connectivity index (χ1n) is 11.2. The third kappa shape index (κ3) is 4.48. The lowest BCUT2D eigenvalue weighted by atomic mass is 10.1. The molecule has 0 aliphatic carbocycles. The van der Waals surface area contributed by atoms with Gasteiger partial charge in [-0.05, 0) is 41.8 Å². The van der Waals surface area contributed by atoms with E-state index in [0.717, 1.165) is 16.7 Å². The number of anilines is 1. The summed E-state index contributed by atoms with van der Waals surface area (Å²) in [6.07, 6.45) is 1.34. The van der Waals surface area contributed by atoms with Crippen LogP contribution in [0.4, 0.5) is 10.2 Å². The molecule has 0 aliphatic heterocycles. The first-order chi connectivity index (χ1) is 17.4. The van der Waals surface area contributed by atoms with Crippen molar-refractivity contribution in [3.63, 3.8) is 0 Å². The number of tetrazole rings is 1. The molecule has 2 aromatic carbocycles. The normalized spacial score (nSPS) is 12.0. The number of rotatable bonds is 7. The van der Waals surface area contributed by atoms with Crippen molar-refractivity contribution in [1.29, 1.82) is 0 Å². The van der Waals surface area contributed by atoms with Gasteiger partial charge in [0.05, 0.1) is 6.04 Å². The molecule has 12 heteroatoms. The second-order valence-corrected chi connectivity index (χ2v) is 8.38. The van der Waals surface area contributed by atoms with Gasteiger partial charge in [0, 0.05) is 19.2 Å². The molecule has 0 radical (unpaired) electrons. The number of carbonyl (C=O) groups excluding carboxylic acids is 1. The fourth-order valence-electron chi connectivity index (χ4n) is 3.90. The molecule has 0 bridgehead atoms. The van der Waals surface area contributed by atoms with E-state index in [1.54, 1.807) is 30.8 Å². The number of aryl methyl sites for hydroxylation is 2. The number of benzene rings is 2. The summed E-state index contributed by atoms with van der Waals surface area (Å²) in [5.74, 6) is 0.509. The van der Waals surface area contributed by atoms with Crippen molar-refractivity contribution in [2.75, 3.05) is 5.32 Å². The zero-order chi connectivity index (χ0) is 25.2. The van der Waals surface area contributed by atoms with Crippen molar-refractivity contribution in [1.82, 2.24) is 45.7 Å². The number of amides is 1. The maximum atomic E-state index is 13.5. The molecular weight excluding hydrogens is 463 g/mol. The lowest BCUT2D eigenvalue weighted by Crippen LogP contribution is -2.24. The quantitative estimate of drug-likeness (QED) is 0.319. The first-order valence-corrected chi connectivity index (χ1v) is 11.2. The molecule has 5 aromatic rings. The zero-order valence-electron chi connectivity index (χ0n) is 19.8. The number of halogens is 1. The fourth-order valence-corrected chi connectivity index (χ4v) is 3.90. The Labute approximate surface area is 205 Å². The predicted octanol–water partition coefficient (Wildman–Crippen LogP) is 3.09. The Hall–Kier alpha value is -4.74. The van der Waals surface area contributed by atoms with Crippen LogP contribution in [-0.2, 0) is 13.6 Å². The summed E-state index contributed by atoms with van der Waals surface area (Å²) >= 11 is 0. The van der Waals surface area contributed by atoms with Gasteiger partial charge in [-0.15, -0.1) is 10.2 Å². The van der Waals surface area contributed by atoms with E-state index in [4.69, 9.17) is 0 Å². The van der Waals surface area contributed by atoms with E-state index < -0.39 is 0 Å². The van der Waals surface area contributed by atoms with Crippen molar-refractivity contribution in [3.8, 4) is 11.4 Å². The van der Waals surface area contributed by atoms with E-state index in [9.17, 15) is 9.18 Å². The second-order valence-electron chi connectivity index (χ2n) is 8.38. The monoisotopic (exact) mass is 486 g/mol. The number of fused-ring (bicyclic) bond motifs is 1. The maximum absolute atomic E-state index is 13.5. The molecule has 182 valence electrons. The number of aromatic amines is 1. The van der Waals surface area contributed by atoms with Gasteiger partial charge in [-0.2, -0.15) is 10.3 Å². The average Bonchev–Trinajstić information content (AvgIpc) is 3.53. The van der Waals surface area contributed by atoms with E-state index in [2.05, 4.69) is 46.3 Å². The summed E-state index contributed by atoms with van der Waals surface area (Å²) in [4.78, 5) is 21.5. The molecule has 11 nitrogen and oxygen atoms in total. The average molecular weight is 487 g/mol. The van der Waals surface area contributed by atoms with Gasteiger partial charge in [0.1, 0.15) is 23.2 Å². The van der Waals surface area contributed by atoms with Gasteiger partial charge >= 0.3 is 0 Å². The molecule has 0 saturated carbocycles. The van der Waals surface area contributed by atoms with E-state index in [0.29, 0.717) is 28.2 Å². The molecule has 1 amide bonds. The number of hydrogen-bond acceptors (Lipinski definition) is 8. The maximum Gasteiger partial charge on any atom is 0.272 e. The minimum absolute atomic E-state index is 0.0862. The predicted molar refractivity (Wildman–Crippen MR) is 130 cm³/mol. The summed E-state index contributed by atoms with van der Waals surface area (Å²) < 4.78 is 15.2. The SMILES string of the molecule is Cc1cc(CNC(=O)c2ncnc3c(NC(C)c4ccc(-c5nn[nH]n5)cc4)n(C)nc23)ccc1F. The fraction of sp³-hybridized carbons (Fsp3) is 0.208. The first kappa shape index (κ1) is 23.0. The molecular formula is C24H23FN10O. The lowest BCUT2D eigenvalue weighted by molar-refractivity contribution is 0.0947. The largest absolute Gasteiger partial charge is 0.362 e. The molecule has 5 rings (SSSR count). The molecule has 0 aliphatic rings. The number of hydrogen-bond donors (Lipinski definition) is 3. The lowest BCUT2D eigenvalue weighted by Gasteiger charge is -2.16. The smallest absolute Gasteiger partial charge is 0.272 e. The molecule has 36 heavy (non-hydrogen) atoms. The van der Waals surface area contributed by atoms with E-state index in [1.807, 2.05) is 31.2 Å². The highest BCUT2D eigenvalue weighted by atomic mass is 19.1. The molecule has 1 atom stereocenters. The van der Waals surface area contributed by atoms with Gasteiger partial charge in [-0.3, -0.25) is 9.48 Å². The molecule has 1 unspecified atom stereocenters. The minimum Gasteiger partial charge on any atom is -0.362 e. The third-order valence-electron chi connectivity index (χ3n) is 5.88. The van der Waals surface area contributed by atoms with Crippen LogP contribution in [0, 0.1) is 12.7 Å². The second kappa shape index (κ2) is 9.49. The van der Waals surface area contributed by atoms with E-state index in [1.165, 1.54) is 12.4 Å². The van der Waals surface area contributed by atoms with Gasteiger partial charge in [-0.25, -0.2) is 14.4 Å². The minimum atomic E-state index is -0.390. The Morgan fingerprint density at radius 3 is 2.67 bits per heavy atom. The van der Waals surface area contributed by atoms with Crippen LogP contribution in [0.15, 0.2) is 48.8 Å². The Bertz CT molecular complexity index is 1530. The van der Waals surface area contributed by atoms with Crippen molar-refractivity contribution in [3.05, 3.63) is 77.0 Å². The van der Waals surface area contributed by atoms with Crippen molar-refractivity contribution < 1.29 is 9.18 Å². The van der Waals surface area contributed by atoms with E-state index in [-0.39, 0.29) is 30.0 Å². The van der Waals surface area contributed by atoms with Crippen LogP contribution in [0.25, 0.3) is 22.4 Å². The Morgan fingerprint density at radius 1 is 1.14 bits per heavy atom. The number of aromatic nitrogens is 8. The van der Waals surface area contributed by atoms with Crippen molar-refractivity contribution in [2.45, 2.75) is 26.4 Å². The van der Waals surface area contributed by atoms with Crippen LogP contribution in [-0.4, -0.2) is 46.3 Å². The number of nitrogens with one attached hydrogen (secondary N) is 3. The Balaban J connectivity index is 1.34. The molecule has 3 aromatic heterocycles. The third-order valence-corrected chi connectivity index (χ3v) is 5.88. The van der Waals surface area contributed by atoms with Gasteiger partial charge in [-0.1, -0.05) is 36.4 Å². The summed E-state index contributed by atoms with van der Waals surface area (Å²) in [5.41, 5.74) is 4.27. The highest BCUT2D eigenvalue weighted by Crippen LogP contribution is 2.27. The molecule has 0 fully saturated rings. The van der Waals surface area contributed by atoms with Crippen LogP contribution in [0.5, 0.6) is 0 Å².